The van der Waals surface area contributed by atoms with E-state index in [1.54, 1.807) is 12.1 Å². The standard InChI is InChI=1S/C14H18N2O4.C14H8N2O4.C8H8O3.C7H12O4.C7H6O4/c2*17-13(18)7-1-3-9-11(5-7)16-10-4-2-8(14(19)20)6-12(10)15-9;1-11-8-4-6(5-9)2-3-7(8)10;2*8-5-2-1-4(7(10)11)3-6(5)9/h7-8,11-12H,1-6H2,(H,17,18)(H,19,20);1-6H,(H,17,18)(H,19,20);2-5,10H,1H3;4-6,8-9H,1-3H2,(H,10,11);1-3,8-9H,(H,10,11). The zero-order valence-corrected chi connectivity index (χ0v) is 38.9. The normalized spacial score (nSPS) is 21.5. The van der Waals surface area contributed by atoms with Gasteiger partial charge in [0.1, 0.15) is 6.29 Å². The van der Waals surface area contributed by atoms with Gasteiger partial charge in [-0.15, -0.1) is 0 Å². The lowest BCUT2D eigenvalue weighted by molar-refractivity contribution is -0.146. The number of aliphatic hydroxyl groups is 2. The predicted octanol–water partition coefficient (Wildman–Crippen LogP) is 5.17. The first-order valence-electron chi connectivity index (χ1n) is 22.5. The van der Waals surface area contributed by atoms with Gasteiger partial charge in [0.05, 0.1) is 87.9 Å². The lowest BCUT2D eigenvalue weighted by atomic mass is 9.79. The Kier molecular flexibility index (Phi) is 19.0. The van der Waals surface area contributed by atoms with Crippen LogP contribution in [0.15, 0.2) is 82.8 Å². The Hall–Kier alpha value is -8.57. The summed E-state index contributed by atoms with van der Waals surface area (Å²) in [6, 6.07) is 16.4. The summed E-state index contributed by atoms with van der Waals surface area (Å²) in [6.07, 6.45) is 3.79. The average Bonchev–Trinajstić information content (AvgIpc) is 3.36. The molecule has 9 rings (SSSR count). The van der Waals surface area contributed by atoms with E-state index in [1.165, 1.54) is 55.6 Å². The number of aldehydes is 1. The molecule has 3 saturated carbocycles. The summed E-state index contributed by atoms with van der Waals surface area (Å²) < 4.78 is 4.78. The van der Waals surface area contributed by atoms with E-state index in [-0.39, 0.29) is 58.5 Å². The minimum atomic E-state index is -1.14. The number of phenolic OH excluding ortho intramolecular Hbond substituents is 3. The van der Waals surface area contributed by atoms with Crippen molar-refractivity contribution in [2.24, 2.45) is 27.7 Å². The van der Waals surface area contributed by atoms with Gasteiger partial charge in [-0.1, -0.05) is 0 Å². The second kappa shape index (κ2) is 25.0. The number of methoxy groups -OCH3 is 1. The molecule has 0 amide bonds. The number of fused-ring (bicyclic) bond motifs is 4. The predicted molar refractivity (Wildman–Crippen MR) is 257 cm³/mol. The summed E-state index contributed by atoms with van der Waals surface area (Å²) in [5, 5.41) is 97.9. The molecule has 2 heterocycles. The van der Waals surface area contributed by atoms with E-state index in [0.717, 1.165) is 23.6 Å². The first-order valence-corrected chi connectivity index (χ1v) is 22.5. The van der Waals surface area contributed by atoms with Crippen molar-refractivity contribution in [1.82, 2.24) is 9.97 Å². The number of ether oxygens (including phenoxy) is 1. The fourth-order valence-corrected chi connectivity index (χ4v) is 8.15. The van der Waals surface area contributed by atoms with Crippen LogP contribution < -0.4 is 4.74 Å². The summed E-state index contributed by atoms with van der Waals surface area (Å²) >= 11 is 0. The van der Waals surface area contributed by atoms with Gasteiger partial charge in [-0.25, -0.2) is 24.4 Å². The second-order valence-electron chi connectivity index (χ2n) is 17.2. The summed E-state index contributed by atoms with van der Waals surface area (Å²) in [6.45, 7) is 0. The minimum absolute atomic E-state index is 0.0399. The van der Waals surface area contributed by atoms with E-state index in [4.69, 9.17) is 60.9 Å². The maximum Gasteiger partial charge on any atom is 0.335 e. The van der Waals surface area contributed by atoms with Gasteiger partial charge in [0.25, 0.3) is 0 Å². The highest BCUT2D eigenvalue weighted by Crippen LogP contribution is 2.34. The third-order valence-electron chi connectivity index (χ3n) is 12.2. The van der Waals surface area contributed by atoms with Gasteiger partial charge < -0.3 is 60.9 Å². The van der Waals surface area contributed by atoms with Crippen molar-refractivity contribution in [2.75, 3.05) is 7.11 Å². The monoisotopic (exact) mass is 1010 g/mol. The largest absolute Gasteiger partial charge is 0.504 e. The molecule has 4 aromatic carbocycles. The molecule has 1 aliphatic heterocycles. The molecule has 3 aliphatic carbocycles. The van der Waals surface area contributed by atoms with E-state index >= 15 is 0 Å². The number of nitrogens with zero attached hydrogens (tertiary/aromatic N) is 4. The van der Waals surface area contributed by atoms with Gasteiger partial charge in [-0.05, 0) is 131 Å². The van der Waals surface area contributed by atoms with Crippen molar-refractivity contribution in [3.63, 3.8) is 0 Å². The zero-order chi connectivity index (χ0) is 53.7. The van der Waals surface area contributed by atoms with Crippen LogP contribution in [-0.4, -0.2) is 151 Å². The number of hydrogen-bond acceptors (Lipinski definition) is 17. The van der Waals surface area contributed by atoms with Crippen molar-refractivity contribution >= 4 is 75.6 Å². The lowest BCUT2D eigenvalue weighted by Gasteiger charge is -2.35. The van der Waals surface area contributed by atoms with Gasteiger partial charge in [-0.3, -0.25) is 29.2 Å². The molecule has 73 heavy (non-hydrogen) atoms. The number of carbonyl (C=O) groups is 7. The Morgan fingerprint density at radius 1 is 0.507 bits per heavy atom. The second-order valence-corrected chi connectivity index (χ2v) is 17.2. The van der Waals surface area contributed by atoms with E-state index in [2.05, 4.69) is 20.0 Å². The van der Waals surface area contributed by atoms with Crippen molar-refractivity contribution in [3.8, 4) is 23.0 Å². The maximum absolute atomic E-state index is 11.1. The number of aromatic hydroxyl groups is 3. The van der Waals surface area contributed by atoms with Crippen molar-refractivity contribution < 1.29 is 94.5 Å². The molecule has 7 unspecified atom stereocenters. The first-order chi connectivity index (χ1) is 34.6. The van der Waals surface area contributed by atoms with Crippen molar-refractivity contribution in [3.05, 3.63) is 95.1 Å². The number of carboxylic acids is 6. The van der Waals surface area contributed by atoms with Gasteiger partial charge in [0.2, 0.25) is 0 Å². The molecule has 1 aromatic heterocycles. The van der Waals surface area contributed by atoms with Gasteiger partial charge in [0.15, 0.2) is 23.0 Å². The fraction of sp³-hybridized carbons (Fsp3) is 0.340. The number of phenols is 3. The third kappa shape index (κ3) is 15.0. The number of carboxylic acid groups (broad SMARTS) is 6. The zero-order valence-electron chi connectivity index (χ0n) is 38.9. The molecule has 7 atom stereocenters. The summed E-state index contributed by atoms with van der Waals surface area (Å²) in [5.41, 5.74) is 4.60. The topological polar surface area (TPSA) is 402 Å². The Morgan fingerprint density at radius 2 is 0.945 bits per heavy atom. The van der Waals surface area contributed by atoms with E-state index in [1.807, 2.05) is 0 Å². The number of hydrogen-bond donors (Lipinski definition) is 11. The highest BCUT2D eigenvalue weighted by Gasteiger charge is 2.38. The van der Waals surface area contributed by atoms with Crippen molar-refractivity contribution in [2.45, 2.75) is 82.1 Å². The molecule has 386 valence electrons. The molecule has 0 radical (unpaired) electrons. The highest BCUT2D eigenvalue weighted by atomic mass is 16.5. The number of benzene rings is 4. The minimum Gasteiger partial charge on any atom is -0.504 e. The number of aromatic nitrogens is 2. The van der Waals surface area contributed by atoms with Crippen molar-refractivity contribution in [1.29, 1.82) is 0 Å². The summed E-state index contributed by atoms with van der Waals surface area (Å²) in [4.78, 5) is 92.9. The number of carbonyl (C=O) groups excluding carboxylic acids is 1. The molecule has 11 N–H and O–H groups in total. The van der Waals surface area contributed by atoms with Crippen LogP contribution in [0.5, 0.6) is 23.0 Å². The Labute approximate surface area is 414 Å². The number of aliphatic hydroxyl groups excluding tert-OH is 2. The quantitative estimate of drug-likeness (QED) is 0.0542. The van der Waals surface area contributed by atoms with Crippen LogP contribution in [0.3, 0.4) is 0 Å². The van der Waals surface area contributed by atoms with Crippen LogP contribution in [0.2, 0.25) is 0 Å². The maximum atomic E-state index is 11.1. The highest BCUT2D eigenvalue weighted by molar-refractivity contribution is 6.02. The van der Waals surface area contributed by atoms with Gasteiger partial charge >= 0.3 is 35.8 Å². The summed E-state index contributed by atoms with van der Waals surface area (Å²) in [7, 11) is 1.43. The molecule has 4 aliphatic rings. The molecule has 0 spiro atoms. The van der Waals surface area contributed by atoms with Crippen LogP contribution in [-0.2, 0) is 14.4 Å². The number of aliphatic carboxylic acids is 3. The smallest absolute Gasteiger partial charge is 0.335 e. The number of aromatic carboxylic acids is 3. The average molecular weight is 1010 g/mol. The molecular weight excluding hydrogens is 961 g/mol. The lowest BCUT2D eigenvalue weighted by Crippen LogP contribution is -2.42. The van der Waals surface area contributed by atoms with Crippen LogP contribution >= 0.6 is 0 Å². The molecule has 0 saturated heterocycles. The van der Waals surface area contributed by atoms with Crippen LogP contribution in [0.4, 0.5) is 0 Å². The molecule has 0 bridgehead atoms. The van der Waals surface area contributed by atoms with Crippen LogP contribution in [0.25, 0.3) is 22.1 Å². The molecule has 23 nitrogen and oxygen atoms in total. The van der Waals surface area contributed by atoms with Gasteiger partial charge in [0, 0.05) is 17.0 Å². The van der Waals surface area contributed by atoms with E-state index in [0.29, 0.717) is 91.0 Å². The SMILES string of the molecule is COc1cc(C=O)ccc1O.O=C(O)C1CCC(O)C(O)C1.O=C(O)C1CCC2=NC3CC(C(=O)O)CCC3=NC2C1.O=C(O)c1ccc(O)c(O)c1.O=C(O)c1ccc2nc3cc(C(=O)O)ccc3nc2c1. The van der Waals surface area contributed by atoms with E-state index in [9.17, 15) is 33.6 Å². The van der Waals surface area contributed by atoms with Crippen LogP contribution in [0, 0.1) is 17.8 Å². The summed E-state index contributed by atoms with van der Waals surface area (Å²) in [5.74, 6) is -7.10. The Bertz CT molecular complexity index is 2840. The van der Waals surface area contributed by atoms with E-state index < -0.39 is 59.7 Å². The Morgan fingerprint density at radius 3 is 1.36 bits per heavy atom. The third-order valence-corrected chi connectivity index (χ3v) is 12.2. The van der Waals surface area contributed by atoms with Crippen LogP contribution in [0.1, 0.15) is 99.2 Å². The molecule has 23 heteroatoms. The van der Waals surface area contributed by atoms with Gasteiger partial charge in [-0.2, -0.15) is 0 Å². The number of aliphatic imine (C=N–C) groups is 2. The number of rotatable bonds is 8. The Balaban J connectivity index is 0.000000175. The molecule has 3 fully saturated rings. The first kappa shape index (κ1) is 55.4. The fourth-order valence-electron chi connectivity index (χ4n) is 8.15. The molecule has 5 aromatic rings. The molecular formula is C50H52N4O19.